The Hall–Kier alpha value is -0.530. The molecule has 3 fully saturated rings. The first-order valence-electron chi connectivity index (χ1n) is 10.3. The molecule has 3 rings (SSSR count). The van der Waals surface area contributed by atoms with E-state index >= 15 is 0 Å². The third kappa shape index (κ3) is 5.23. The van der Waals surface area contributed by atoms with E-state index in [0.29, 0.717) is 0 Å². The number of esters is 1. The zero-order chi connectivity index (χ0) is 16.2. The number of carbonyl (C=O) groups excluding carboxylic acids is 1. The van der Waals surface area contributed by atoms with E-state index in [1.807, 2.05) is 0 Å². The van der Waals surface area contributed by atoms with Gasteiger partial charge in [0.05, 0.1) is 5.92 Å². The number of carbonyl (C=O) groups is 1. The molecule has 0 spiro atoms. The van der Waals surface area contributed by atoms with Crippen LogP contribution in [0.15, 0.2) is 0 Å². The van der Waals surface area contributed by atoms with Gasteiger partial charge in [-0.05, 0) is 87.9 Å². The molecule has 0 saturated heterocycles. The molecule has 0 aromatic heterocycles. The van der Waals surface area contributed by atoms with E-state index in [1.165, 1.54) is 51.4 Å². The molecule has 3 saturated carbocycles. The van der Waals surface area contributed by atoms with Crippen molar-refractivity contribution in [1.29, 1.82) is 0 Å². The molecular weight excluding hydrogens is 296 g/mol. The van der Waals surface area contributed by atoms with Crippen LogP contribution in [0.25, 0.3) is 0 Å². The molecule has 0 radical (unpaired) electrons. The van der Waals surface area contributed by atoms with Crippen LogP contribution in [0.5, 0.6) is 0 Å². The molecule has 0 aromatic carbocycles. The van der Waals surface area contributed by atoms with Crippen molar-refractivity contribution in [2.24, 2.45) is 29.6 Å². The third-order valence-electron chi connectivity index (χ3n) is 7.08. The summed E-state index contributed by atoms with van der Waals surface area (Å²) in [6.45, 7) is 4.71. The second-order valence-corrected chi connectivity index (χ2v) is 8.95. The van der Waals surface area contributed by atoms with Gasteiger partial charge in [0, 0.05) is 4.28 Å². The minimum atomic E-state index is 0. The molecule has 2 heteroatoms. The number of ether oxygens (including phenoxy) is 1. The normalized spacial score (nSPS) is 40.4. The van der Waals surface area contributed by atoms with Crippen LogP contribution in [-0.2, 0) is 9.53 Å². The quantitative estimate of drug-likeness (QED) is 0.510. The summed E-state index contributed by atoms with van der Waals surface area (Å²) in [5.41, 5.74) is 0. The lowest BCUT2D eigenvalue weighted by atomic mass is 9.69. The SMILES string of the molecule is C.CC1CCC(OC(=O)C2CCC(C3CCC(C)CC3)CC2)CC1.[HH].[HH].[HH]. The molecule has 3 aliphatic rings. The van der Waals surface area contributed by atoms with Crippen LogP contribution in [0.4, 0.5) is 0 Å². The van der Waals surface area contributed by atoms with E-state index in [2.05, 4.69) is 13.8 Å². The molecule has 0 aliphatic heterocycles. The Morgan fingerprint density at radius 1 is 0.708 bits per heavy atom. The van der Waals surface area contributed by atoms with Crippen LogP contribution in [0.3, 0.4) is 0 Å². The summed E-state index contributed by atoms with van der Waals surface area (Å²) in [4.78, 5) is 12.5. The van der Waals surface area contributed by atoms with Gasteiger partial charge in [0.25, 0.3) is 0 Å². The second kappa shape index (κ2) is 9.25. The van der Waals surface area contributed by atoms with Crippen molar-refractivity contribution in [3.05, 3.63) is 0 Å². The van der Waals surface area contributed by atoms with Gasteiger partial charge in [0.1, 0.15) is 6.10 Å². The van der Waals surface area contributed by atoms with Crippen LogP contribution < -0.4 is 0 Å². The second-order valence-electron chi connectivity index (χ2n) is 8.95. The first-order chi connectivity index (χ1) is 11.1. The van der Waals surface area contributed by atoms with Gasteiger partial charge in [-0.3, -0.25) is 4.79 Å². The standard InChI is InChI=1S/C21H36O2.CH4.3H2/c1-15-3-7-17(8-4-15)18-9-11-19(12-10-18)21(22)23-20-13-5-16(2)6-14-20;;;;/h15-20H,3-14H2,1-2H3;1H4;3*1H. The van der Waals surface area contributed by atoms with E-state index in [9.17, 15) is 4.79 Å². The summed E-state index contributed by atoms with van der Waals surface area (Å²) >= 11 is 0. The first kappa shape index (κ1) is 19.8. The van der Waals surface area contributed by atoms with Gasteiger partial charge < -0.3 is 4.74 Å². The summed E-state index contributed by atoms with van der Waals surface area (Å²) in [6, 6.07) is 0. The van der Waals surface area contributed by atoms with Crippen LogP contribution in [0.2, 0.25) is 0 Å². The highest BCUT2D eigenvalue weighted by Gasteiger charge is 2.34. The van der Waals surface area contributed by atoms with Crippen LogP contribution in [0.1, 0.15) is 103 Å². The van der Waals surface area contributed by atoms with E-state index in [-0.39, 0.29) is 29.7 Å². The predicted octanol–water partition coefficient (Wildman–Crippen LogP) is 7.12. The van der Waals surface area contributed by atoms with Gasteiger partial charge in [-0.25, -0.2) is 0 Å². The van der Waals surface area contributed by atoms with Crippen molar-refractivity contribution in [3.8, 4) is 0 Å². The summed E-state index contributed by atoms with van der Waals surface area (Å²) < 4.78 is 5.83. The molecule has 24 heavy (non-hydrogen) atoms. The number of rotatable bonds is 3. The molecule has 0 amide bonds. The molecule has 0 atom stereocenters. The van der Waals surface area contributed by atoms with Crippen molar-refractivity contribution < 1.29 is 13.8 Å². The zero-order valence-corrected chi connectivity index (χ0v) is 15.3. The van der Waals surface area contributed by atoms with Crippen molar-refractivity contribution in [1.82, 2.24) is 0 Å². The molecule has 0 N–H and O–H groups in total. The maximum atomic E-state index is 12.5. The van der Waals surface area contributed by atoms with Crippen molar-refractivity contribution in [2.75, 3.05) is 0 Å². The van der Waals surface area contributed by atoms with Gasteiger partial charge >= 0.3 is 5.97 Å². The molecule has 0 aromatic rings. The Bertz CT molecular complexity index is 381. The average Bonchev–Trinajstić information content (AvgIpc) is 2.58. The lowest BCUT2D eigenvalue weighted by Gasteiger charge is -2.37. The highest BCUT2D eigenvalue weighted by atomic mass is 16.5. The minimum absolute atomic E-state index is 0. The smallest absolute Gasteiger partial charge is 0.309 e. The van der Waals surface area contributed by atoms with Gasteiger partial charge in [0.15, 0.2) is 0 Å². The highest BCUT2D eigenvalue weighted by Crippen LogP contribution is 2.41. The van der Waals surface area contributed by atoms with E-state index in [1.54, 1.807) is 0 Å². The molecule has 0 unspecified atom stereocenters. The Morgan fingerprint density at radius 2 is 1.12 bits per heavy atom. The maximum absolute atomic E-state index is 12.5. The fraction of sp³-hybridized carbons (Fsp3) is 0.955. The fourth-order valence-electron chi connectivity index (χ4n) is 5.19. The molecule has 3 aliphatic carbocycles. The monoisotopic (exact) mass is 342 g/mol. The van der Waals surface area contributed by atoms with Gasteiger partial charge in [-0.1, -0.05) is 34.1 Å². The fourth-order valence-corrected chi connectivity index (χ4v) is 5.19. The lowest BCUT2D eigenvalue weighted by Crippen LogP contribution is -2.31. The van der Waals surface area contributed by atoms with E-state index < -0.39 is 0 Å². The van der Waals surface area contributed by atoms with Gasteiger partial charge in [-0.2, -0.15) is 0 Å². The summed E-state index contributed by atoms with van der Waals surface area (Å²) in [7, 11) is 0. The van der Waals surface area contributed by atoms with Gasteiger partial charge in [-0.15, -0.1) is 0 Å². The number of hydrogen-bond acceptors (Lipinski definition) is 2. The Kier molecular flexibility index (Phi) is 7.62. The topological polar surface area (TPSA) is 26.3 Å². The van der Waals surface area contributed by atoms with Crippen LogP contribution in [0, 0.1) is 29.6 Å². The van der Waals surface area contributed by atoms with E-state index in [0.717, 1.165) is 49.4 Å². The largest absolute Gasteiger partial charge is 0.462 e. The maximum Gasteiger partial charge on any atom is 0.309 e. The molecule has 0 heterocycles. The van der Waals surface area contributed by atoms with Crippen molar-refractivity contribution >= 4 is 5.97 Å². The van der Waals surface area contributed by atoms with Crippen molar-refractivity contribution in [3.63, 3.8) is 0 Å². The Balaban J connectivity index is 0. The van der Waals surface area contributed by atoms with Crippen LogP contribution in [-0.4, -0.2) is 12.1 Å². The Morgan fingerprint density at radius 3 is 1.62 bits per heavy atom. The van der Waals surface area contributed by atoms with Crippen molar-refractivity contribution in [2.45, 2.75) is 104 Å². The Labute approximate surface area is 154 Å². The summed E-state index contributed by atoms with van der Waals surface area (Å²) in [5.74, 6) is 3.92. The molecule has 0 bridgehead atoms. The lowest BCUT2D eigenvalue weighted by molar-refractivity contribution is -0.157. The zero-order valence-electron chi connectivity index (χ0n) is 15.3. The summed E-state index contributed by atoms with van der Waals surface area (Å²) in [6.07, 6.45) is 15.2. The molecular formula is C22H46O2. The number of hydrogen-bond donors (Lipinski definition) is 0. The summed E-state index contributed by atoms with van der Waals surface area (Å²) in [5, 5.41) is 0. The molecule has 146 valence electrons. The van der Waals surface area contributed by atoms with Crippen LogP contribution >= 0.6 is 0 Å². The minimum Gasteiger partial charge on any atom is -0.462 e. The average molecular weight is 343 g/mol. The van der Waals surface area contributed by atoms with E-state index in [4.69, 9.17) is 4.74 Å². The highest BCUT2D eigenvalue weighted by molar-refractivity contribution is 5.72. The van der Waals surface area contributed by atoms with Gasteiger partial charge in [0.2, 0.25) is 0 Å². The third-order valence-corrected chi connectivity index (χ3v) is 7.08. The molecule has 2 nitrogen and oxygen atoms in total. The first-order valence-corrected chi connectivity index (χ1v) is 10.3. The predicted molar refractivity (Wildman–Crippen MR) is 107 cm³/mol.